The minimum atomic E-state index is -0.355. The number of halogens is 7. The third-order valence-corrected chi connectivity index (χ3v) is 11.7. The van der Waals surface area contributed by atoms with Gasteiger partial charge in [0.15, 0.2) is 0 Å². The largest absolute Gasteiger partial charge is 0.466 e. The molecule has 0 radical (unpaired) electrons. The first kappa shape index (κ1) is 66.6. The molecule has 6 heterocycles. The normalized spacial score (nSPS) is 20.2. The van der Waals surface area contributed by atoms with Crippen LogP contribution in [-0.2, 0) is 19.1 Å². The Kier molecular flexibility index (Phi) is 29.7. The van der Waals surface area contributed by atoms with Gasteiger partial charge in [0.05, 0.1) is 67.9 Å². The van der Waals surface area contributed by atoms with E-state index in [9.17, 15) is 35.9 Å². The number of aromatic nitrogens is 6. The highest BCUT2D eigenvalue weighted by Crippen LogP contribution is 2.49. The molecule has 0 amide bonds. The molecule has 4 saturated carbocycles. The van der Waals surface area contributed by atoms with Crippen molar-refractivity contribution in [2.75, 3.05) is 26.4 Å². The van der Waals surface area contributed by atoms with Crippen LogP contribution in [0.3, 0.4) is 0 Å². The molecular formula is C56H69BrF6N6O6. The van der Waals surface area contributed by atoms with Gasteiger partial charge in [-0.1, -0.05) is 36.3 Å². The summed E-state index contributed by atoms with van der Waals surface area (Å²) >= 11 is 3.07. The summed E-state index contributed by atoms with van der Waals surface area (Å²) in [5.74, 6) is -0.813. The van der Waals surface area contributed by atoms with Crippen LogP contribution in [0.4, 0.5) is 26.3 Å². The molecule has 4 aliphatic carbocycles. The van der Waals surface area contributed by atoms with E-state index in [0.717, 1.165) is 60.9 Å². The van der Waals surface area contributed by atoms with Crippen LogP contribution in [0.25, 0.3) is 6.08 Å². The van der Waals surface area contributed by atoms with Crippen molar-refractivity contribution in [3.63, 3.8) is 0 Å². The topological polar surface area (TPSA) is 170 Å². The van der Waals surface area contributed by atoms with Crippen molar-refractivity contribution in [2.24, 2.45) is 23.7 Å². The summed E-state index contributed by atoms with van der Waals surface area (Å²) in [5.41, 5.74) is 4.03. The maximum absolute atomic E-state index is 12.6. The van der Waals surface area contributed by atoms with E-state index in [2.05, 4.69) is 52.4 Å². The van der Waals surface area contributed by atoms with Gasteiger partial charge in [0.1, 0.15) is 39.5 Å². The van der Waals surface area contributed by atoms with E-state index in [0.29, 0.717) is 47.2 Å². The number of aliphatic hydroxyl groups is 2. The molecule has 0 aromatic carbocycles. The molecule has 0 aliphatic heterocycles. The van der Waals surface area contributed by atoms with Gasteiger partial charge in [0.2, 0.25) is 0 Å². The Labute approximate surface area is 445 Å². The van der Waals surface area contributed by atoms with E-state index in [4.69, 9.17) is 19.7 Å². The average molecular weight is 1120 g/mol. The van der Waals surface area contributed by atoms with Gasteiger partial charge < -0.3 is 19.7 Å². The van der Waals surface area contributed by atoms with Crippen molar-refractivity contribution >= 4 is 33.9 Å². The number of hydrogen-bond donors (Lipinski definition) is 2. The van der Waals surface area contributed by atoms with E-state index < -0.39 is 0 Å². The van der Waals surface area contributed by atoms with Crippen LogP contribution in [-0.4, -0.2) is 78.5 Å². The molecule has 4 aliphatic rings. The molecule has 6 aromatic heterocycles. The molecule has 12 nitrogen and oxygen atoms in total. The van der Waals surface area contributed by atoms with Crippen molar-refractivity contribution in [1.29, 1.82) is 0 Å². The van der Waals surface area contributed by atoms with Gasteiger partial charge in [-0.25, -0.2) is 31.3 Å². The van der Waals surface area contributed by atoms with E-state index in [1.807, 2.05) is 0 Å². The smallest absolute Gasteiger partial charge is 0.309 e. The molecule has 408 valence electrons. The summed E-state index contributed by atoms with van der Waals surface area (Å²) in [4.78, 5) is 45.8. The third kappa shape index (κ3) is 22.5. The van der Waals surface area contributed by atoms with Gasteiger partial charge in [0.25, 0.3) is 0 Å². The lowest BCUT2D eigenvalue weighted by Crippen LogP contribution is -2.07. The number of hydrogen-bond acceptors (Lipinski definition) is 12. The zero-order chi connectivity index (χ0) is 51.5. The summed E-state index contributed by atoms with van der Waals surface area (Å²) in [5, 5.41) is 17.6. The van der Waals surface area contributed by atoms with E-state index in [-0.39, 0.29) is 113 Å². The number of aliphatic hydroxyl groups excluding tert-OH is 2. The molecule has 19 heteroatoms. The first-order valence-corrected chi connectivity index (χ1v) is 23.5. The fourth-order valence-electron chi connectivity index (χ4n) is 6.98. The summed E-state index contributed by atoms with van der Waals surface area (Å²) in [6.07, 6.45) is 12.2. The number of carbonyl (C=O) groups excluding carboxylic acids is 2. The highest BCUT2D eigenvalue weighted by molar-refractivity contribution is 9.10. The quantitative estimate of drug-likeness (QED) is 0.0716. The van der Waals surface area contributed by atoms with Crippen molar-refractivity contribution in [3.8, 4) is 0 Å². The van der Waals surface area contributed by atoms with Crippen LogP contribution in [0.5, 0.6) is 0 Å². The maximum Gasteiger partial charge on any atom is 0.309 e. The highest BCUT2D eigenvalue weighted by Gasteiger charge is 2.47. The Hall–Kier alpha value is -6.44. The Morgan fingerprint density at radius 1 is 0.507 bits per heavy atom. The Morgan fingerprint density at radius 3 is 1.04 bits per heavy atom. The Balaban J connectivity index is 0.000000451. The molecule has 0 spiro atoms. The second-order valence-electron chi connectivity index (χ2n) is 16.5. The summed E-state index contributed by atoms with van der Waals surface area (Å²) in [6, 6.07) is 18.0. The van der Waals surface area contributed by atoms with E-state index in [1.165, 1.54) is 61.2 Å². The van der Waals surface area contributed by atoms with Gasteiger partial charge in [-0.15, -0.1) is 0 Å². The molecule has 8 atom stereocenters. The molecular weight excluding hydrogens is 1050 g/mol. The molecule has 0 bridgehead atoms. The van der Waals surface area contributed by atoms with Crippen LogP contribution < -0.4 is 0 Å². The van der Waals surface area contributed by atoms with Gasteiger partial charge in [-0.3, -0.25) is 34.5 Å². The number of esters is 2. The molecule has 2 N–H and O–H groups in total. The third-order valence-electron chi connectivity index (χ3n) is 11.2. The van der Waals surface area contributed by atoms with Crippen LogP contribution in [0.2, 0.25) is 0 Å². The monoisotopic (exact) mass is 1110 g/mol. The summed E-state index contributed by atoms with van der Waals surface area (Å²) in [6.45, 7) is 8.27. The van der Waals surface area contributed by atoms with Crippen LogP contribution in [0, 0.1) is 58.6 Å². The van der Waals surface area contributed by atoms with Gasteiger partial charge in [0, 0.05) is 59.7 Å². The SMILES string of the molecule is C.C.C.C.C=Cc1ccc(F)cn1.CCOC(=O)[C@H]1C[C@@H]1c1ccc(F)cn1.CCOC(=O)[C@H]1C[C@H]1c1ccc(F)cn1.Fc1ccc(Br)nc1.OC[C@H]1C[C@@H]1c1ccc(F)cn1.OC[C@H]1C[C@@H]1c1ccc(F)cn1. The van der Waals surface area contributed by atoms with Crippen molar-refractivity contribution in [2.45, 2.75) is 92.9 Å². The number of nitrogens with zero attached hydrogens (tertiary/aromatic N) is 6. The zero-order valence-corrected chi connectivity index (χ0v) is 40.4. The number of carbonyl (C=O) groups is 2. The maximum atomic E-state index is 12.6. The zero-order valence-electron chi connectivity index (χ0n) is 38.8. The second kappa shape index (κ2) is 33.5. The summed E-state index contributed by atoms with van der Waals surface area (Å²) in [7, 11) is 0. The van der Waals surface area contributed by atoms with E-state index in [1.54, 1.807) is 56.3 Å². The Morgan fingerprint density at radius 2 is 0.813 bits per heavy atom. The predicted molar refractivity (Wildman–Crippen MR) is 281 cm³/mol. The van der Waals surface area contributed by atoms with Gasteiger partial charge in [-0.2, -0.15) is 0 Å². The van der Waals surface area contributed by atoms with Gasteiger partial charge >= 0.3 is 11.9 Å². The molecule has 4 fully saturated rings. The molecule has 0 unspecified atom stereocenters. The minimum absolute atomic E-state index is 0. The van der Waals surface area contributed by atoms with Crippen molar-refractivity contribution < 1.29 is 55.6 Å². The first-order chi connectivity index (χ1) is 34.2. The summed E-state index contributed by atoms with van der Waals surface area (Å²) < 4.78 is 84.6. The van der Waals surface area contributed by atoms with Gasteiger partial charge in [-0.05, 0) is 146 Å². The van der Waals surface area contributed by atoms with Crippen LogP contribution >= 0.6 is 15.9 Å². The fourth-order valence-corrected chi connectivity index (χ4v) is 7.21. The highest BCUT2D eigenvalue weighted by atomic mass is 79.9. The number of pyridine rings is 6. The lowest BCUT2D eigenvalue weighted by atomic mass is 10.2. The second-order valence-corrected chi connectivity index (χ2v) is 17.3. The van der Waals surface area contributed by atoms with Crippen LogP contribution in [0.15, 0.2) is 121 Å². The molecule has 6 aromatic rings. The lowest BCUT2D eigenvalue weighted by molar-refractivity contribution is -0.145. The number of rotatable bonds is 11. The standard InChI is InChI=1S/2C11H12FNO2.2C9H10FNO.C7H6FN.C5H3BrFN.4CH4/c2*1-2-15-11(14)9-5-8(9)10-4-3-7(12)6-13-10;2*10-7-1-2-9(11-4-7)8-3-6(8)5-12;1-2-7-4-3-6(8)5-9-7;6-5-2-1-4(7)3-8-5;;;;/h2*3-4,6,8-9H,2,5H2,1H3;2*1-2,4,6,8,12H,3,5H2;2-5H,1H2;1-3H;4*1H4/t8-,9+;8-,9-;2*6-,8+;;;;;;/m1011....../s1. The van der Waals surface area contributed by atoms with Crippen LogP contribution in [0.1, 0.15) is 121 Å². The minimum Gasteiger partial charge on any atom is -0.466 e. The fraction of sp³-hybridized carbons (Fsp3) is 0.393. The van der Waals surface area contributed by atoms with E-state index >= 15 is 0 Å². The van der Waals surface area contributed by atoms with Crippen molar-refractivity contribution in [1.82, 2.24) is 29.9 Å². The Bertz CT molecular complexity index is 2420. The average Bonchev–Trinajstić information content (AvgIpc) is 4.18. The predicted octanol–water partition coefficient (Wildman–Crippen LogP) is 12.8. The number of ether oxygens (including phenoxy) is 2. The first-order valence-electron chi connectivity index (χ1n) is 22.7. The molecule has 0 saturated heterocycles. The molecule has 10 rings (SSSR count). The van der Waals surface area contributed by atoms with Crippen molar-refractivity contribution in [3.05, 3.63) is 185 Å². The lowest BCUT2D eigenvalue weighted by Gasteiger charge is -2.00. The molecule has 75 heavy (non-hydrogen) atoms.